The van der Waals surface area contributed by atoms with E-state index in [0.29, 0.717) is 22.4 Å². The summed E-state index contributed by atoms with van der Waals surface area (Å²) >= 11 is 0. The SMILES string of the molecule is COC(=O)C1(C(=O)OC)CC(c2ccc(S(C)(=O)=O)cc2)=C(c2ccc(F)cn2)C1. The molecule has 0 spiro atoms. The molecule has 0 radical (unpaired) electrons. The second-order valence-corrected chi connectivity index (χ2v) is 9.05. The molecule has 0 saturated carbocycles. The second kappa shape index (κ2) is 7.98. The van der Waals surface area contributed by atoms with Crippen molar-refractivity contribution in [2.45, 2.75) is 17.7 Å². The Morgan fingerprint density at radius 3 is 2.00 bits per heavy atom. The third-order valence-electron chi connectivity index (χ3n) is 5.14. The summed E-state index contributed by atoms with van der Waals surface area (Å²) in [5, 5.41) is 0. The van der Waals surface area contributed by atoms with Crippen LogP contribution >= 0.6 is 0 Å². The number of carbonyl (C=O) groups is 2. The molecule has 0 bridgehead atoms. The molecule has 0 N–H and O–H groups in total. The van der Waals surface area contributed by atoms with E-state index in [0.717, 1.165) is 12.5 Å². The number of nitrogens with zero attached hydrogens (tertiary/aromatic N) is 1. The Hall–Kier alpha value is -3.07. The predicted octanol–water partition coefficient (Wildman–Crippen LogP) is 2.66. The lowest BCUT2D eigenvalue weighted by Gasteiger charge is -2.23. The van der Waals surface area contributed by atoms with Gasteiger partial charge in [0, 0.05) is 19.1 Å². The smallest absolute Gasteiger partial charge is 0.323 e. The van der Waals surface area contributed by atoms with Gasteiger partial charge in [-0.05, 0) is 41.0 Å². The molecule has 30 heavy (non-hydrogen) atoms. The number of rotatable bonds is 5. The Kier molecular flexibility index (Phi) is 5.76. The zero-order valence-electron chi connectivity index (χ0n) is 16.6. The molecule has 1 aromatic carbocycles. The van der Waals surface area contributed by atoms with Crippen molar-refractivity contribution in [3.05, 3.63) is 59.7 Å². The molecule has 0 amide bonds. The highest BCUT2D eigenvalue weighted by Crippen LogP contribution is 2.51. The lowest BCUT2D eigenvalue weighted by molar-refractivity contribution is -0.167. The second-order valence-electron chi connectivity index (χ2n) is 7.03. The molecule has 0 aliphatic heterocycles. The molecular formula is C21H20FNO6S. The first kappa shape index (κ1) is 21.6. The molecule has 1 aromatic heterocycles. The molecule has 9 heteroatoms. The highest BCUT2D eigenvalue weighted by molar-refractivity contribution is 7.90. The van der Waals surface area contributed by atoms with Gasteiger partial charge >= 0.3 is 11.9 Å². The van der Waals surface area contributed by atoms with Crippen molar-refractivity contribution < 1.29 is 31.9 Å². The van der Waals surface area contributed by atoms with E-state index < -0.39 is 33.0 Å². The van der Waals surface area contributed by atoms with Crippen LogP contribution in [0.3, 0.4) is 0 Å². The highest BCUT2D eigenvalue weighted by atomic mass is 32.2. The first-order chi connectivity index (χ1) is 14.1. The van der Waals surface area contributed by atoms with Crippen LogP contribution in [0.1, 0.15) is 24.1 Å². The molecule has 0 saturated heterocycles. The molecule has 1 heterocycles. The van der Waals surface area contributed by atoms with Gasteiger partial charge in [0.2, 0.25) is 0 Å². The number of halogens is 1. The number of benzene rings is 1. The fraction of sp³-hybridized carbons (Fsp3) is 0.286. The lowest BCUT2D eigenvalue weighted by Crippen LogP contribution is -2.39. The Balaban J connectivity index is 2.17. The van der Waals surface area contributed by atoms with Crippen LogP contribution in [0.5, 0.6) is 0 Å². The monoisotopic (exact) mass is 433 g/mol. The van der Waals surface area contributed by atoms with Crippen LogP contribution in [0.2, 0.25) is 0 Å². The summed E-state index contributed by atoms with van der Waals surface area (Å²) in [6.07, 6.45) is 2.07. The molecule has 0 atom stereocenters. The third-order valence-corrected chi connectivity index (χ3v) is 6.27. The summed E-state index contributed by atoms with van der Waals surface area (Å²) in [6.45, 7) is 0. The average molecular weight is 433 g/mol. The van der Waals surface area contributed by atoms with E-state index in [2.05, 4.69) is 4.98 Å². The van der Waals surface area contributed by atoms with E-state index in [4.69, 9.17) is 9.47 Å². The normalized spacial score (nSPS) is 15.7. The standard InChI is InChI=1S/C21H20FNO6S/c1-28-19(24)21(20(25)29-2)10-16(13-4-7-15(8-5-13)30(3,26)27)17(11-21)18-9-6-14(22)12-23-18/h4-9,12H,10-11H2,1-3H3. The largest absolute Gasteiger partial charge is 0.468 e. The minimum absolute atomic E-state index is 0.0288. The number of sulfone groups is 1. The van der Waals surface area contributed by atoms with Crippen LogP contribution in [0.15, 0.2) is 47.5 Å². The summed E-state index contributed by atoms with van der Waals surface area (Å²) in [5.41, 5.74) is 0.550. The first-order valence-corrected chi connectivity index (χ1v) is 10.8. The van der Waals surface area contributed by atoms with Crippen molar-refractivity contribution in [3.8, 4) is 0 Å². The van der Waals surface area contributed by atoms with E-state index in [1.165, 1.54) is 38.5 Å². The van der Waals surface area contributed by atoms with Gasteiger partial charge in [0.15, 0.2) is 15.3 Å². The van der Waals surface area contributed by atoms with Crippen LogP contribution in [-0.4, -0.2) is 45.8 Å². The molecule has 7 nitrogen and oxygen atoms in total. The predicted molar refractivity (Wildman–Crippen MR) is 106 cm³/mol. The number of carbonyl (C=O) groups excluding carboxylic acids is 2. The van der Waals surface area contributed by atoms with Gasteiger partial charge in [0.25, 0.3) is 0 Å². The van der Waals surface area contributed by atoms with Crippen molar-refractivity contribution in [2.75, 3.05) is 20.5 Å². The zero-order valence-corrected chi connectivity index (χ0v) is 17.5. The fourth-order valence-electron chi connectivity index (χ4n) is 3.62. The van der Waals surface area contributed by atoms with E-state index in [1.54, 1.807) is 12.1 Å². The van der Waals surface area contributed by atoms with Crippen molar-refractivity contribution in [3.63, 3.8) is 0 Å². The summed E-state index contributed by atoms with van der Waals surface area (Å²) in [5.74, 6) is -2.03. The van der Waals surface area contributed by atoms with Crippen LogP contribution < -0.4 is 0 Å². The van der Waals surface area contributed by atoms with E-state index >= 15 is 0 Å². The van der Waals surface area contributed by atoms with Crippen molar-refractivity contribution in [2.24, 2.45) is 5.41 Å². The van der Waals surface area contributed by atoms with E-state index in [1.807, 2.05) is 0 Å². The van der Waals surface area contributed by atoms with Crippen LogP contribution in [-0.2, 0) is 28.9 Å². The summed E-state index contributed by atoms with van der Waals surface area (Å²) < 4.78 is 46.7. The fourth-order valence-corrected chi connectivity index (χ4v) is 4.25. The number of methoxy groups -OCH3 is 2. The van der Waals surface area contributed by atoms with Crippen LogP contribution in [0.25, 0.3) is 11.1 Å². The van der Waals surface area contributed by atoms with Gasteiger partial charge in [-0.1, -0.05) is 12.1 Å². The first-order valence-electron chi connectivity index (χ1n) is 8.93. The van der Waals surface area contributed by atoms with Gasteiger partial charge in [0.05, 0.1) is 31.0 Å². The molecule has 0 unspecified atom stereocenters. The molecule has 1 aliphatic carbocycles. The lowest BCUT2D eigenvalue weighted by atomic mass is 9.83. The summed E-state index contributed by atoms with van der Waals surface area (Å²) in [4.78, 5) is 29.5. The number of ether oxygens (including phenoxy) is 2. The topological polar surface area (TPSA) is 99.6 Å². The minimum Gasteiger partial charge on any atom is -0.468 e. The molecule has 158 valence electrons. The van der Waals surface area contributed by atoms with Gasteiger partial charge in [-0.15, -0.1) is 0 Å². The number of aromatic nitrogens is 1. The number of allylic oxidation sites excluding steroid dienone is 2. The zero-order chi connectivity index (χ0) is 22.1. The number of hydrogen-bond acceptors (Lipinski definition) is 7. The maximum Gasteiger partial charge on any atom is 0.323 e. The molecule has 0 fully saturated rings. The Morgan fingerprint density at radius 1 is 0.967 bits per heavy atom. The van der Waals surface area contributed by atoms with Crippen LogP contribution in [0, 0.1) is 11.2 Å². The summed E-state index contributed by atoms with van der Waals surface area (Å²) in [7, 11) is -1.02. The Labute approximate surface area is 173 Å². The average Bonchev–Trinajstić information content (AvgIpc) is 3.14. The van der Waals surface area contributed by atoms with Crippen LogP contribution in [0.4, 0.5) is 4.39 Å². The number of pyridine rings is 1. The van der Waals surface area contributed by atoms with Gasteiger partial charge in [0.1, 0.15) is 5.82 Å². The maximum absolute atomic E-state index is 13.4. The number of esters is 2. The van der Waals surface area contributed by atoms with Gasteiger partial charge < -0.3 is 9.47 Å². The van der Waals surface area contributed by atoms with Crippen molar-refractivity contribution in [1.82, 2.24) is 4.98 Å². The maximum atomic E-state index is 13.4. The molecule has 3 rings (SSSR count). The van der Waals surface area contributed by atoms with Gasteiger partial charge in [-0.3, -0.25) is 14.6 Å². The minimum atomic E-state index is -3.39. The van der Waals surface area contributed by atoms with E-state index in [-0.39, 0.29) is 17.7 Å². The third kappa shape index (κ3) is 3.85. The molecule has 1 aliphatic rings. The number of hydrogen-bond donors (Lipinski definition) is 0. The summed E-state index contributed by atoms with van der Waals surface area (Å²) in [6, 6.07) is 8.78. The quantitative estimate of drug-likeness (QED) is 0.528. The Bertz CT molecular complexity index is 1110. The van der Waals surface area contributed by atoms with Gasteiger partial charge in [-0.25, -0.2) is 12.8 Å². The van der Waals surface area contributed by atoms with Crippen molar-refractivity contribution >= 4 is 32.9 Å². The highest BCUT2D eigenvalue weighted by Gasteiger charge is 2.54. The Morgan fingerprint density at radius 2 is 1.53 bits per heavy atom. The molecular weight excluding hydrogens is 413 g/mol. The van der Waals surface area contributed by atoms with E-state index in [9.17, 15) is 22.4 Å². The van der Waals surface area contributed by atoms with Gasteiger partial charge in [-0.2, -0.15) is 0 Å². The van der Waals surface area contributed by atoms with Crippen molar-refractivity contribution in [1.29, 1.82) is 0 Å². The molecule has 2 aromatic rings.